The van der Waals surface area contributed by atoms with E-state index in [2.05, 4.69) is 0 Å². The van der Waals surface area contributed by atoms with Crippen LogP contribution in [0.2, 0.25) is 0 Å². The van der Waals surface area contributed by atoms with Crippen LogP contribution in [-0.4, -0.2) is 68.6 Å². The van der Waals surface area contributed by atoms with Crippen molar-refractivity contribution in [3.05, 3.63) is 120 Å². The number of aliphatic hydroxyl groups is 3. The van der Waals surface area contributed by atoms with Gasteiger partial charge in [0.1, 0.15) is 12.2 Å². The second kappa shape index (κ2) is 18.7. The van der Waals surface area contributed by atoms with Gasteiger partial charge in [-0.2, -0.15) is 8.42 Å². The van der Waals surface area contributed by atoms with Crippen LogP contribution in [0.15, 0.2) is 109 Å². The maximum Gasteiger partial charge on any atom is 0.264 e. The van der Waals surface area contributed by atoms with E-state index in [9.17, 15) is 23.7 Å². The molecule has 3 N–H and O–H groups in total. The molecule has 0 aromatic heterocycles. The Bertz CT molecular complexity index is 1530. The molecule has 0 amide bonds. The first-order valence-corrected chi connectivity index (χ1v) is 16.7. The number of rotatable bonds is 16. The minimum atomic E-state index is -3.77. The zero-order valence-electron chi connectivity index (χ0n) is 26.1. The molecule has 10 nitrogen and oxygen atoms in total. The van der Waals surface area contributed by atoms with E-state index in [1.54, 1.807) is 48.5 Å². The molecule has 0 spiro atoms. The molecule has 11 heteroatoms. The van der Waals surface area contributed by atoms with Crippen molar-refractivity contribution in [1.29, 1.82) is 0 Å². The van der Waals surface area contributed by atoms with Gasteiger partial charge in [-0.05, 0) is 49.2 Å². The van der Waals surface area contributed by atoms with Crippen molar-refractivity contribution in [2.45, 2.75) is 38.3 Å². The van der Waals surface area contributed by atoms with E-state index >= 15 is 0 Å². The molecule has 0 heterocycles. The van der Waals surface area contributed by atoms with Gasteiger partial charge in [0.05, 0.1) is 32.7 Å². The Kier molecular flexibility index (Phi) is 14.8. The van der Waals surface area contributed by atoms with E-state index in [-0.39, 0.29) is 6.61 Å². The third kappa shape index (κ3) is 11.3. The van der Waals surface area contributed by atoms with Gasteiger partial charge < -0.3 is 34.3 Å². The Morgan fingerprint density at radius 1 is 0.587 bits per heavy atom. The minimum Gasteiger partial charge on any atom is -0.490 e. The number of hydrogen-bond acceptors (Lipinski definition) is 10. The van der Waals surface area contributed by atoms with Gasteiger partial charge in [0, 0.05) is 0 Å². The summed E-state index contributed by atoms with van der Waals surface area (Å²) in [5.74, 6) is 2.13. The maximum absolute atomic E-state index is 11.5. The highest BCUT2D eigenvalue weighted by atomic mass is 32.2. The van der Waals surface area contributed by atoms with Crippen molar-refractivity contribution in [1.82, 2.24) is 0 Å². The van der Waals surface area contributed by atoms with Crippen molar-refractivity contribution in [2.75, 3.05) is 32.7 Å². The molecule has 0 bridgehead atoms. The summed E-state index contributed by atoms with van der Waals surface area (Å²) in [5.41, 5.74) is 1.47. The summed E-state index contributed by atoms with van der Waals surface area (Å²) in [4.78, 5) is 0. The number of benzene rings is 4. The van der Waals surface area contributed by atoms with E-state index in [4.69, 9.17) is 23.1 Å². The summed E-state index contributed by atoms with van der Waals surface area (Å²) in [6, 6.07) is 32.7. The Balaban J connectivity index is 0.000000254. The third-order valence-electron chi connectivity index (χ3n) is 6.41. The van der Waals surface area contributed by atoms with Crippen molar-refractivity contribution in [3.63, 3.8) is 0 Å². The summed E-state index contributed by atoms with van der Waals surface area (Å²) in [6.45, 7) is 3.83. The first-order chi connectivity index (χ1) is 22.2. The van der Waals surface area contributed by atoms with E-state index in [0.29, 0.717) is 41.8 Å². The van der Waals surface area contributed by atoms with Crippen molar-refractivity contribution < 1.29 is 46.9 Å². The number of ether oxygens (including phenoxy) is 4. The molecule has 0 radical (unpaired) electrons. The fourth-order valence-electron chi connectivity index (χ4n) is 4.43. The average Bonchev–Trinajstić information content (AvgIpc) is 3.07. The molecule has 4 aromatic rings. The molecule has 0 fully saturated rings. The van der Waals surface area contributed by atoms with E-state index in [1.165, 1.54) is 0 Å². The van der Waals surface area contributed by atoms with Crippen LogP contribution in [0, 0.1) is 0 Å². The molecule has 0 aliphatic carbocycles. The van der Waals surface area contributed by atoms with Crippen molar-refractivity contribution in [2.24, 2.45) is 0 Å². The lowest BCUT2D eigenvalue weighted by molar-refractivity contribution is -0.00305. The quantitative estimate of drug-likeness (QED) is 0.140. The monoisotopic (exact) mass is 654 g/mol. The van der Waals surface area contributed by atoms with E-state index < -0.39 is 41.1 Å². The van der Waals surface area contributed by atoms with Crippen LogP contribution in [0.4, 0.5) is 0 Å². The molecule has 4 rings (SSSR count). The number of hydrogen-bond donors (Lipinski definition) is 3. The lowest BCUT2D eigenvalue weighted by atomic mass is 10.0. The summed E-state index contributed by atoms with van der Waals surface area (Å²) in [5, 5.41) is 29.0. The summed E-state index contributed by atoms with van der Waals surface area (Å²) in [7, 11) is -3.77. The third-order valence-corrected chi connectivity index (χ3v) is 7.01. The van der Waals surface area contributed by atoms with Crippen LogP contribution >= 0.6 is 0 Å². The fourth-order valence-corrected chi connectivity index (χ4v) is 5.04. The van der Waals surface area contributed by atoms with E-state index in [0.717, 1.165) is 11.8 Å². The molecular weight excluding hydrogens is 612 g/mol. The van der Waals surface area contributed by atoms with Gasteiger partial charge in [-0.1, -0.05) is 84.9 Å². The molecule has 4 aromatic carbocycles. The van der Waals surface area contributed by atoms with Crippen LogP contribution in [0.3, 0.4) is 0 Å². The zero-order chi connectivity index (χ0) is 33.4. The standard InChI is InChI=1S/C18H22O6S.C17H20O4/c1-3-22-15-11-7-8-12-16(15)23-18(14-9-5-4-6-10-14)17(13-19)24-25(2,20)21;1-2-20-15-10-6-7-11-16(15)21-17(14(19)12-18)13-8-4-3-5-9-13/h4-12,17-19H,3,13H2,1-2H3;3-11,14,17-19H,2,12H2,1H3/t17-,18+;14-,17+/m11/s1. The molecule has 0 saturated carbocycles. The zero-order valence-corrected chi connectivity index (χ0v) is 27.0. The Labute approximate surface area is 270 Å². The van der Waals surface area contributed by atoms with E-state index in [1.807, 2.05) is 74.5 Å². The first-order valence-electron chi connectivity index (χ1n) is 14.9. The summed E-state index contributed by atoms with van der Waals surface area (Å²) in [6.07, 6.45) is -2.65. The highest BCUT2D eigenvalue weighted by Gasteiger charge is 2.30. The highest BCUT2D eigenvalue weighted by Crippen LogP contribution is 2.34. The van der Waals surface area contributed by atoms with Gasteiger partial charge in [0.25, 0.3) is 10.1 Å². The normalized spacial score (nSPS) is 13.7. The van der Waals surface area contributed by atoms with Gasteiger partial charge in [0.2, 0.25) is 0 Å². The van der Waals surface area contributed by atoms with Gasteiger partial charge in [0.15, 0.2) is 35.2 Å². The second-order valence-electron chi connectivity index (χ2n) is 9.93. The van der Waals surface area contributed by atoms with Crippen molar-refractivity contribution >= 4 is 10.1 Å². The Hall–Kier alpha value is -4.13. The summed E-state index contributed by atoms with van der Waals surface area (Å²) < 4.78 is 51.1. The van der Waals surface area contributed by atoms with Crippen molar-refractivity contribution in [3.8, 4) is 23.0 Å². The smallest absolute Gasteiger partial charge is 0.264 e. The van der Waals surface area contributed by atoms with Gasteiger partial charge in [-0.15, -0.1) is 0 Å². The lowest BCUT2D eigenvalue weighted by Crippen LogP contribution is -2.32. The van der Waals surface area contributed by atoms with Gasteiger partial charge >= 0.3 is 0 Å². The Morgan fingerprint density at radius 2 is 0.978 bits per heavy atom. The van der Waals surface area contributed by atoms with Crippen LogP contribution in [0.25, 0.3) is 0 Å². The van der Waals surface area contributed by atoms with Crippen LogP contribution in [-0.2, 0) is 14.3 Å². The largest absolute Gasteiger partial charge is 0.490 e. The first kappa shape index (κ1) is 36.3. The molecule has 46 heavy (non-hydrogen) atoms. The Morgan fingerprint density at radius 3 is 1.37 bits per heavy atom. The maximum atomic E-state index is 11.5. The predicted octanol–water partition coefficient (Wildman–Crippen LogP) is 5.10. The topological polar surface area (TPSA) is 141 Å². The van der Waals surface area contributed by atoms with Gasteiger partial charge in [-0.25, -0.2) is 0 Å². The summed E-state index contributed by atoms with van der Waals surface area (Å²) >= 11 is 0. The second-order valence-corrected chi connectivity index (χ2v) is 11.5. The molecule has 248 valence electrons. The number of aliphatic hydroxyl groups excluding tert-OH is 3. The molecular formula is C35H42O10S. The molecule has 0 aliphatic rings. The van der Waals surface area contributed by atoms with Crippen LogP contribution in [0.5, 0.6) is 23.0 Å². The molecule has 0 aliphatic heterocycles. The average molecular weight is 655 g/mol. The minimum absolute atomic E-state index is 0.379. The number of para-hydroxylation sites is 4. The fraction of sp³-hybridized carbons (Fsp3) is 0.314. The highest BCUT2D eigenvalue weighted by molar-refractivity contribution is 7.86. The predicted molar refractivity (Wildman–Crippen MR) is 175 cm³/mol. The molecule has 0 unspecified atom stereocenters. The lowest BCUT2D eigenvalue weighted by Gasteiger charge is -2.27. The SMILES string of the molecule is CCOc1ccccc1O[C@@H](c1ccccc1)[C@@H](CO)OS(C)(=O)=O.CCOc1ccccc1O[C@@H](c1ccccc1)[C@H](O)CO. The van der Waals surface area contributed by atoms with Crippen LogP contribution < -0.4 is 18.9 Å². The van der Waals surface area contributed by atoms with Crippen LogP contribution in [0.1, 0.15) is 37.2 Å². The van der Waals surface area contributed by atoms with Gasteiger partial charge in [-0.3, -0.25) is 4.18 Å². The molecule has 0 saturated heterocycles. The molecule has 4 atom stereocenters.